The Balaban J connectivity index is 1.88. The van der Waals surface area contributed by atoms with E-state index in [4.69, 9.17) is 0 Å². The van der Waals surface area contributed by atoms with Gasteiger partial charge in [-0.2, -0.15) is 0 Å². The molecule has 0 aliphatic rings. The van der Waals surface area contributed by atoms with Crippen LogP contribution < -0.4 is 0 Å². The summed E-state index contributed by atoms with van der Waals surface area (Å²) in [5.74, 6) is 4.06. The van der Waals surface area contributed by atoms with Crippen molar-refractivity contribution in [2.45, 2.75) is 0 Å². The minimum Gasteiger partial charge on any atom is -0.206 e. The van der Waals surface area contributed by atoms with E-state index in [9.17, 15) is 8.78 Å². The Morgan fingerprint density at radius 2 is 1.14 bits per heavy atom. The lowest BCUT2D eigenvalue weighted by Crippen LogP contribution is -1.88. The monoisotopic (exact) mass is 290 g/mol. The molecular weight excluding hydrogens is 278 g/mol. The molecule has 0 heterocycles. The van der Waals surface area contributed by atoms with Crippen LogP contribution >= 0.6 is 0 Å². The summed E-state index contributed by atoms with van der Waals surface area (Å²) in [4.78, 5) is 0. The smallest absolute Gasteiger partial charge is 0.141 e. The number of halogens is 2. The zero-order valence-corrected chi connectivity index (χ0v) is 11.7. The van der Waals surface area contributed by atoms with Crippen molar-refractivity contribution in [3.05, 3.63) is 95.6 Å². The highest BCUT2D eigenvalue weighted by atomic mass is 19.1. The molecule has 2 heteroatoms. The quantitative estimate of drug-likeness (QED) is 0.551. The van der Waals surface area contributed by atoms with Crippen LogP contribution in [0.25, 0.3) is 11.1 Å². The van der Waals surface area contributed by atoms with E-state index in [1.54, 1.807) is 0 Å². The summed E-state index contributed by atoms with van der Waals surface area (Å²) in [5.41, 5.74) is 2.70. The summed E-state index contributed by atoms with van der Waals surface area (Å²) in [6.45, 7) is 0. The first-order valence-electron chi connectivity index (χ1n) is 6.85. The maximum Gasteiger partial charge on any atom is 0.141 e. The van der Waals surface area contributed by atoms with Crippen molar-refractivity contribution in [3.63, 3.8) is 0 Å². The molecule has 106 valence electrons. The maximum atomic E-state index is 13.5. The lowest BCUT2D eigenvalue weighted by atomic mass is 10.0. The molecule has 3 rings (SSSR count). The first kappa shape index (κ1) is 14.0. The molecule has 0 unspecified atom stereocenters. The van der Waals surface area contributed by atoms with E-state index in [2.05, 4.69) is 11.8 Å². The van der Waals surface area contributed by atoms with Gasteiger partial charge in [-0.25, -0.2) is 8.78 Å². The fourth-order valence-electron chi connectivity index (χ4n) is 2.13. The van der Waals surface area contributed by atoms with Crippen molar-refractivity contribution < 1.29 is 8.78 Å². The summed E-state index contributed by atoms with van der Waals surface area (Å²) in [6, 6.07) is 21.3. The molecule has 3 aromatic carbocycles. The molecule has 0 nitrogen and oxygen atoms in total. The SMILES string of the molecule is Fc1cccc(F)c1C#Cc1ccc(-c2ccccc2)cc1. The van der Waals surface area contributed by atoms with Gasteiger partial charge in [0.2, 0.25) is 0 Å². The Morgan fingerprint density at radius 3 is 1.77 bits per heavy atom. The average molecular weight is 290 g/mol. The van der Waals surface area contributed by atoms with Crippen LogP contribution in [0.5, 0.6) is 0 Å². The molecule has 0 saturated carbocycles. The van der Waals surface area contributed by atoms with Crippen molar-refractivity contribution in [2.24, 2.45) is 0 Å². The van der Waals surface area contributed by atoms with Crippen LogP contribution in [-0.2, 0) is 0 Å². The summed E-state index contributed by atoms with van der Waals surface area (Å²) >= 11 is 0. The third kappa shape index (κ3) is 3.05. The van der Waals surface area contributed by atoms with Gasteiger partial charge in [-0.1, -0.05) is 60.4 Å². The summed E-state index contributed by atoms with van der Waals surface area (Å²) in [7, 11) is 0. The minimum atomic E-state index is -0.645. The van der Waals surface area contributed by atoms with Crippen molar-refractivity contribution in [2.75, 3.05) is 0 Å². The number of rotatable bonds is 1. The molecule has 0 fully saturated rings. The minimum absolute atomic E-state index is 0.199. The molecule has 0 amide bonds. The Hall–Kier alpha value is -2.92. The van der Waals surface area contributed by atoms with E-state index in [1.807, 2.05) is 54.6 Å². The van der Waals surface area contributed by atoms with Crippen LogP contribution in [0.1, 0.15) is 11.1 Å². The maximum absolute atomic E-state index is 13.5. The topological polar surface area (TPSA) is 0 Å². The summed E-state index contributed by atoms with van der Waals surface area (Å²) < 4.78 is 27.0. The van der Waals surface area contributed by atoms with Crippen LogP contribution in [0.4, 0.5) is 8.78 Å². The molecule has 0 saturated heterocycles. The lowest BCUT2D eigenvalue weighted by molar-refractivity contribution is 0.577. The summed E-state index contributed by atoms with van der Waals surface area (Å²) in [6.07, 6.45) is 0. The fourth-order valence-corrected chi connectivity index (χ4v) is 2.13. The van der Waals surface area contributed by atoms with Gasteiger partial charge in [-0.3, -0.25) is 0 Å². The molecule has 0 aliphatic heterocycles. The van der Waals surface area contributed by atoms with Crippen LogP contribution in [0.2, 0.25) is 0 Å². The largest absolute Gasteiger partial charge is 0.206 e. The number of benzene rings is 3. The van der Waals surface area contributed by atoms with Crippen molar-refractivity contribution in [1.29, 1.82) is 0 Å². The van der Waals surface area contributed by atoms with Gasteiger partial charge < -0.3 is 0 Å². The zero-order chi connectivity index (χ0) is 15.4. The molecule has 0 aliphatic carbocycles. The van der Waals surface area contributed by atoms with Crippen molar-refractivity contribution in [1.82, 2.24) is 0 Å². The highest BCUT2D eigenvalue weighted by molar-refractivity contribution is 5.64. The Bertz CT molecular complexity index is 818. The van der Waals surface area contributed by atoms with Gasteiger partial charge in [0, 0.05) is 5.56 Å². The fraction of sp³-hybridized carbons (Fsp3) is 0. The van der Waals surface area contributed by atoms with Crippen LogP contribution in [0.3, 0.4) is 0 Å². The molecular formula is C20H12F2. The highest BCUT2D eigenvalue weighted by Crippen LogP contribution is 2.19. The van der Waals surface area contributed by atoms with Gasteiger partial charge in [0.1, 0.15) is 11.6 Å². The predicted molar refractivity (Wildman–Crippen MR) is 84.2 cm³/mol. The molecule has 22 heavy (non-hydrogen) atoms. The standard InChI is InChI=1S/C20H12F2/c21-19-7-4-8-20(22)18(19)14-11-15-9-12-17(13-10-15)16-5-2-1-3-6-16/h1-10,12-13H. The van der Waals surface area contributed by atoms with E-state index in [0.29, 0.717) is 5.56 Å². The lowest BCUT2D eigenvalue weighted by Gasteiger charge is -2.01. The normalized spacial score (nSPS) is 9.91. The average Bonchev–Trinajstić information content (AvgIpc) is 2.56. The van der Waals surface area contributed by atoms with Crippen LogP contribution in [0, 0.1) is 23.5 Å². The molecule has 0 N–H and O–H groups in total. The Kier molecular flexibility index (Phi) is 3.98. The van der Waals surface area contributed by atoms with Gasteiger partial charge >= 0.3 is 0 Å². The second kappa shape index (κ2) is 6.24. The van der Waals surface area contributed by atoms with Gasteiger partial charge in [0.25, 0.3) is 0 Å². The van der Waals surface area contributed by atoms with Crippen molar-refractivity contribution in [3.8, 4) is 23.0 Å². The van der Waals surface area contributed by atoms with E-state index in [0.717, 1.165) is 11.1 Å². The van der Waals surface area contributed by atoms with E-state index in [1.165, 1.54) is 18.2 Å². The first-order chi connectivity index (χ1) is 10.7. The molecule has 0 aromatic heterocycles. The van der Waals surface area contributed by atoms with Gasteiger partial charge in [0.05, 0.1) is 5.56 Å². The third-order valence-electron chi connectivity index (χ3n) is 3.29. The van der Waals surface area contributed by atoms with E-state index >= 15 is 0 Å². The first-order valence-corrected chi connectivity index (χ1v) is 6.85. The molecule has 0 spiro atoms. The number of hydrogen-bond donors (Lipinski definition) is 0. The third-order valence-corrected chi connectivity index (χ3v) is 3.29. The van der Waals surface area contributed by atoms with Gasteiger partial charge in [0.15, 0.2) is 0 Å². The molecule has 0 atom stereocenters. The van der Waals surface area contributed by atoms with Gasteiger partial charge in [-0.05, 0) is 35.4 Å². The second-order valence-corrected chi connectivity index (χ2v) is 4.79. The number of hydrogen-bond acceptors (Lipinski definition) is 0. The Morgan fingerprint density at radius 1 is 0.545 bits per heavy atom. The highest BCUT2D eigenvalue weighted by Gasteiger charge is 2.04. The van der Waals surface area contributed by atoms with Gasteiger partial charge in [-0.15, -0.1) is 0 Å². The van der Waals surface area contributed by atoms with Crippen LogP contribution in [0.15, 0.2) is 72.8 Å². The zero-order valence-electron chi connectivity index (χ0n) is 11.7. The predicted octanol–water partition coefficient (Wildman–Crippen LogP) is 5.03. The second-order valence-electron chi connectivity index (χ2n) is 4.79. The van der Waals surface area contributed by atoms with Crippen molar-refractivity contribution >= 4 is 0 Å². The molecule has 0 bridgehead atoms. The van der Waals surface area contributed by atoms with E-state index in [-0.39, 0.29) is 5.56 Å². The molecule has 0 radical (unpaired) electrons. The molecule has 3 aromatic rings. The van der Waals surface area contributed by atoms with Crippen LogP contribution in [-0.4, -0.2) is 0 Å². The van der Waals surface area contributed by atoms with E-state index < -0.39 is 11.6 Å². The summed E-state index contributed by atoms with van der Waals surface area (Å²) in [5, 5.41) is 0. The Labute approximate surface area is 128 Å².